The van der Waals surface area contributed by atoms with Gasteiger partial charge >= 0.3 is 0 Å². The minimum Gasteiger partial charge on any atom is -0.336 e. The third kappa shape index (κ3) is 2.81. The molecule has 0 radical (unpaired) electrons. The molecule has 2 aromatic carbocycles. The number of benzene rings is 2. The van der Waals surface area contributed by atoms with Crippen molar-refractivity contribution in [1.29, 1.82) is 0 Å². The Kier molecular flexibility index (Phi) is 4.11. The number of aryl methyl sites for hydroxylation is 2. The summed E-state index contributed by atoms with van der Waals surface area (Å²) in [6.45, 7) is 5.33. The lowest BCUT2D eigenvalue weighted by atomic mass is 10.00. The highest BCUT2D eigenvalue weighted by molar-refractivity contribution is 5.87. The number of hydrogen-bond acceptors (Lipinski definition) is 2. The summed E-state index contributed by atoms with van der Waals surface area (Å²) in [4.78, 5) is 27.4. The number of pyridine rings is 1. The van der Waals surface area contributed by atoms with Crippen LogP contribution < -0.4 is 5.56 Å². The largest absolute Gasteiger partial charge is 0.336 e. The van der Waals surface area contributed by atoms with Crippen molar-refractivity contribution in [2.45, 2.75) is 33.4 Å². The van der Waals surface area contributed by atoms with Crippen LogP contribution in [0.1, 0.15) is 22.3 Å². The van der Waals surface area contributed by atoms with Gasteiger partial charge in [0.25, 0.3) is 5.56 Å². The molecule has 132 valence electrons. The van der Waals surface area contributed by atoms with E-state index in [1.165, 1.54) is 11.1 Å². The second-order valence-electron chi connectivity index (χ2n) is 7.06. The van der Waals surface area contributed by atoms with Crippen LogP contribution >= 0.6 is 0 Å². The summed E-state index contributed by atoms with van der Waals surface area (Å²) in [7, 11) is 0. The molecular weight excluding hydrogens is 324 g/mol. The van der Waals surface area contributed by atoms with Gasteiger partial charge in [0, 0.05) is 24.5 Å². The van der Waals surface area contributed by atoms with Gasteiger partial charge in [-0.2, -0.15) is 0 Å². The molecule has 1 aromatic heterocycles. The molecule has 0 N–H and O–H groups in total. The van der Waals surface area contributed by atoms with Gasteiger partial charge < -0.3 is 4.90 Å². The van der Waals surface area contributed by atoms with Gasteiger partial charge in [-0.15, -0.1) is 0 Å². The topological polar surface area (TPSA) is 42.3 Å². The summed E-state index contributed by atoms with van der Waals surface area (Å²) in [5.74, 6) is -0.00462. The minimum absolute atomic E-state index is 0.00462. The number of nitrogens with zero attached hydrogens (tertiary/aromatic N) is 2. The molecule has 26 heavy (non-hydrogen) atoms. The lowest BCUT2D eigenvalue weighted by Gasteiger charge is -2.29. The molecule has 0 unspecified atom stereocenters. The van der Waals surface area contributed by atoms with Crippen LogP contribution in [0.2, 0.25) is 0 Å². The molecule has 0 atom stereocenters. The van der Waals surface area contributed by atoms with Gasteiger partial charge in [-0.05, 0) is 42.5 Å². The fourth-order valence-electron chi connectivity index (χ4n) is 3.89. The van der Waals surface area contributed by atoms with Gasteiger partial charge in [0.05, 0.1) is 5.52 Å². The predicted octanol–water partition coefficient (Wildman–Crippen LogP) is 3.20. The van der Waals surface area contributed by atoms with Gasteiger partial charge in [-0.3, -0.25) is 14.2 Å². The Morgan fingerprint density at radius 3 is 2.58 bits per heavy atom. The molecule has 4 nitrogen and oxygen atoms in total. The number of rotatable bonds is 2. The van der Waals surface area contributed by atoms with Crippen molar-refractivity contribution in [3.8, 4) is 0 Å². The molecule has 1 aliphatic heterocycles. The van der Waals surface area contributed by atoms with E-state index in [0.717, 1.165) is 28.5 Å². The maximum Gasteiger partial charge on any atom is 0.251 e. The Morgan fingerprint density at radius 1 is 1.00 bits per heavy atom. The first kappa shape index (κ1) is 16.6. The molecule has 3 aromatic rings. The summed E-state index contributed by atoms with van der Waals surface area (Å²) in [6.07, 6.45) is 0.866. The zero-order valence-corrected chi connectivity index (χ0v) is 15.2. The lowest BCUT2D eigenvalue weighted by Crippen LogP contribution is -2.39. The van der Waals surface area contributed by atoms with E-state index < -0.39 is 0 Å². The summed E-state index contributed by atoms with van der Waals surface area (Å²) >= 11 is 0. The fraction of sp³-hybridized carbons (Fsp3) is 0.273. The van der Waals surface area contributed by atoms with Gasteiger partial charge in [-0.1, -0.05) is 42.5 Å². The molecule has 4 heteroatoms. The molecule has 0 bridgehead atoms. The molecule has 1 aliphatic rings. The second kappa shape index (κ2) is 6.45. The Bertz CT molecular complexity index is 1070. The van der Waals surface area contributed by atoms with Gasteiger partial charge in [-0.25, -0.2) is 0 Å². The van der Waals surface area contributed by atoms with Crippen molar-refractivity contribution in [3.05, 3.63) is 81.1 Å². The van der Waals surface area contributed by atoms with E-state index in [9.17, 15) is 9.59 Å². The minimum atomic E-state index is -0.116. The standard InChI is InChI=1S/C22H22N2O2/c1-15-6-5-9-19-16(2)12-20(25)24(22(15)19)14-21(26)23-11-10-17-7-3-4-8-18(17)13-23/h3-9,12H,10-11,13-14H2,1-2H3. The molecule has 4 rings (SSSR count). The summed E-state index contributed by atoms with van der Waals surface area (Å²) in [6, 6.07) is 15.9. The summed E-state index contributed by atoms with van der Waals surface area (Å²) in [5, 5.41) is 1.03. The van der Waals surface area contributed by atoms with Crippen molar-refractivity contribution in [2.24, 2.45) is 0 Å². The van der Waals surface area contributed by atoms with Crippen LogP contribution in [0.5, 0.6) is 0 Å². The molecule has 0 spiro atoms. The Morgan fingerprint density at radius 2 is 1.77 bits per heavy atom. The fourth-order valence-corrected chi connectivity index (χ4v) is 3.89. The third-order valence-corrected chi connectivity index (χ3v) is 5.32. The molecule has 0 saturated carbocycles. The normalized spacial score (nSPS) is 13.7. The molecule has 0 fully saturated rings. The highest BCUT2D eigenvalue weighted by atomic mass is 16.2. The van der Waals surface area contributed by atoms with E-state index in [2.05, 4.69) is 12.1 Å². The van der Waals surface area contributed by atoms with Crippen molar-refractivity contribution in [1.82, 2.24) is 9.47 Å². The zero-order chi connectivity index (χ0) is 18.3. The summed E-state index contributed by atoms with van der Waals surface area (Å²) < 4.78 is 1.63. The number of aromatic nitrogens is 1. The first-order valence-corrected chi connectivity index (χ1v) is 8.99. The van der Waals surface area contributed by atoms with Crippen LogP contribution in [-0.2, 0) is 24.3 Å². The first-order chi connectivity index (χ1) is 12.5. The number of carbonyl (C=O) groups excluding carboxylic acids is 1. The van der Waals surface area contributed by atoms with E-state index in [0.29, 0.717) is 13.1 Å². The first-order valence-electron chi connectivity index (χ1n) is 8.99. The average Bonchev–Trinajstić information content (AvgIpc) is 2.64. The maximum absolute atomic E-state index is 12.9. The van der Waals surface area contributed by atoms with Crippen LogP contribution in [0, 0.1) is 13.8 Å². The SMILES string of the molecule is Cc1cc(=O)n(CC(=O)N2CCc3ccccc3C2)c2c(C)cccc12. The number of carbonyl (C=O) groups is 1. The predicted molar refractivity (Wildman–Crippen MR) is 103 cm³/mol. The van der Waals surface area contributed by atoms with Crippen molar-refractivity contribution >= 4 is 16.8 Å². The van der Waals surface area contributed by atoms with Crippen molar-refractivity contribution in [3.63, 3.8) is 0 Å². The number of para-hydroxylation sites is 1. The number of fused-ring (bicyclic) bond motifs is 2. The van der Waals surface area contributed by atoms with Crippen LogP contribution in [0.25, 0.3) is 10.9 Å². The zero-order valence-electron chi connectivity index (χ0n) is 15.2. The van der Waals surface area contributed by atoms with E-state index >= 15 is 0 Å². The van der Waals surface area contributed by atoms with Gasteiger partial charge in [0.15, 0.2) is 0 Å². The molecule has 0 saturated heterocycles. The van der Waals surface area contributed by atoms with E-state index in [1.807, 2.05) is 49.1 Å². The maximum atomic E-state index is 12.9. The Balaban J connectivity index is 1.68. The Hall–Kier alpha value is -2.88. The molecular formula is C22H22N2O2. The van der Waals surface area contributed by atoms with Crippen molar-refractivity contribution < 1.29 is 4.79 Å². The highest BCUT2D eigenvalue weighted by Crippen LogP contribution is 2.22. The third-order valence-electron chi connectivity index (χ3n) is 5.32. The number of amides is 1. The lowest BCUT2D eigenvalue weighted by molar-refractivity contribution is -0.132. The number of hydrogen-bond donors (Lipinski definition) is 0. The van der Waals surface area contributed by atoms with E-state index in [-0.39, 0.29) is 18.0 Å². The van der Waals surface area contributed by atoms with Gasteiger partial charge in [0.2, 0.25) is 5.91 Å². The summed E-state index contributed by atoms with van der Waals surface area (Å²) in [5.41, 5.74) is 5.22. The quantitative estimate of drug-likeness (QED) is 0.715. The Labute approximate surface area is 152 Å². The van der Waals surface area contributed by atoms with E-state index in [1.54, 1.807) is 10.6 Å². The highest BCUT2D eigenvalue weighted by Gasteiger charge is 2.21. The van der Waals surface area contributed by atoms with Crippen LogP contribution in [0.4, 0.5) is 0 Å². The van der Waals surface area contributed by atoms with Crippen LogP contribution in [0.15, 0.2) is 53.3 Å². The smallest absolute Gasteiger partial charge is 0.251 e. The average molecular weight is 346 g/mol. The van der Waals surface area contributed by atoms with Crippen LogP contribution in [-0.4, -0.2) is 21.9 Å². The molecule has 0 aliphatic carbocycles. The van der Waals surface area contributed by atoms with Gasteiger partial charge in [0.1, 0.15) is 6.54 Å². The molecule has 2 heterocycles. The monoisotopic (exact) mass is 346 g/mol. The van der Waals surface area contributed by atoms with Crippen LogP contribution in [0.3, 0.4) is 0 Å². The van der Waals surface area contributed by atoms with E-state index in [4.69, 9.17) is 0 Å². The van der Waals surface area contributed by atoms with Crippen molar-refractivity contribution in [2.75, 3.05) is 6.54 Å². The molecule has 1 amide bonds. The second-order valence-corrected chi connectivity index (χ2v) is 7.06.